The van der Waals surface area contributed by atoms with E-state index in [0.29, 0.717) is 5.71 Å². The Balaban J connectivity index is 1.84. The van der Waals surface area contributed by atoms with Crippen molar-refractivity contribution in [3.05, 3.63) is 84.2 Å². The van der Waals surface area contributed by atoms with Crippen molar-refractivity contribution in [3.63, 3.8) is 0 Å². The standard InChI is InChI=1S/C20H13N3O/c24-22-20-14-7-2-1-6-13(14)19-15(8-5-9-16(19)20)17-12-23-11-4-3-10-18(23)21-17/h1-12,24H. The van der Waals surface area contributed by atoms with Crippen LogP contribution in [0.3, 0.4) is 0 Å². The van der Waals surface area contributed by atoms with Gasteiger partial charge in [0.1, 0.15) is 11.4 Å². The Morgan fingerprint density at radius 3 is 2.38 bits per heavy atom. The molecule has 0 radical (unpaired) electrons. The normalized spacial score (nSPS) is 14.1. The summed E-state index contributed by atoms with van der Waals surface area (Å²) in [6.45, 7) is 0. The lowest BCUT2D eigenvalue weighted by Gasteiger charge is -2.06. The number of hydrogen-bond donors (Lipinski definition) is 1. The molecule has 114 valence electrons. The van der Waals surface area contributed by atoms with E-state index in [4.69, 9.17) is 4.98 Å². The number of aromatic nitrogens is 2. The van der Waals surface area contributed by atoms with Crippen LogP contribution < -0.4 is 0 Å². The average molecular weight is 311 g/mol. The lowest BCUT2D eigenvalue weighted by atomic mass is 9.98. The van der Waals surface area contributed by atoms with Gasteiger partial charge < -0.3 is 9.61 Å². The maximum atomic E-state index is 9.50. The van der Waals surface area contributed by atoms with Crippen molar-refractivity contribution in [1.29, 1.82) is 0 Å². The molecule has 1 N–H and O–H groups in total. The summed E-state index contributed by atoms with van der Waals surface area (Å²) in [6, 6.07) is 20.0. The summed E-state index contributed by atoms with van der Waals surface area (Å²) in [4.78, 5) is 4.74. The van der Waals surface area contributed by atoms with Crippen molar-refractivity contribution in [1.82, 2.24) is 9.38 Å². The molecule has 4 heteroatoms. The molecule has 4 nitrogen and oxygen atoms in total. The number of benzene rings is 2. The Labute approximate surface area is 138 Å². The van der Waals surface area contributed by atoms with Crippen molar-refractivity contribution in [2.45, 2.75) is 0 Å². The van der Waals surface area contributed by atoms with E-state index >= 15 is 0 Å². The molecule has 2 aromatic heterocycles. The first-order valence-corrected chi connectivity index (χ1v) is 7.76. The highest BCUT2D eigenvalue weighted by Gasteiger charge is 2.28. The summed E-state index contributed by atoms with van der Waals surface area (Å²) >= 11 is 0. The van der Waals surface area contributed by atoms with E-state index in [1.165, 1.54) is 0 Å². The molecule has 0 saturated heterocycles. The number of imidazole rings is 1. The lowest BCUT2D eigenvalue weighted by Crippen LogP contribution is -1.97. The Morgan fingerprint density at radius 2 is 1.54 bits per heavy atom. The molecular formula is C20H13N3O. The molecule has 0 amide bonds. The fourth-order valence-electron chi connectivity index (χ4n) is 3.48. The first-order valence-electron chi connectivity index (χ1n) is 7.76. The van der Waals surface area contributed by atoms with Crippen LogP contribution in [0.2, 0.25) is 0 Å². The molecule has 2 heterocycles. The third kappa shape index (κ3) is 1.68. The molecule has 1 aliphatic carbocycles. The van der Waals surface area contributed by atoms with Crippen molar-refractivity contribution >= 4 is 11.4 Å². The smallest absolute Gasteiger partial charge is 0.137 e. The van der Waals surface area contributed by atoms with Crippen LogP contribution in [0.15, 0.2) is 78.2 Å². The molecule has 0 atom stereocenters. The maximum absolute atomic E-state index is 9.50. The predicted octanol–water partition coefficient (Wildman–Crippen LogP) is 4.21. The molecule has 0 spiro atoms. The Morgan fingerprint density at radius 1 is 0.792 bits per heavy atom. The first kappa shape index (κ1) is 13.1. The third-order valence-electron chi connectivity index (χ3n) is 4.51. The van der Waals surface area contributed by atoms with Gasteiger partial charge in [0.2, 0.25) is 0 Å². The van der Waals surface area contributed by atoms with Crippen molar-refractivity contribution in [3.8, 4) is 22.4 Å². The monoisotopic (exact) mass is 311 g/mol. The van der Waals surface area contributed by atoms with E-state index in [1.54, 1.807) is 0 Å². The SMILES string of the molecule is ON=C1c2ccccc2-c2c1cccc2-c1cn2ccccc2n1. The minimum Gasteiger partial charge on any atom is -0.410 e. The molecule has 4 aromatic rings. The molecule has 24 heavy (non-hydrogen) atoms. The van der Waals surface area contributed by atoms with Gasteiger partial charge in [-0.1, -0.05) is 53.7 Å². The van der Waals surface area contributed by atoms with Gasteiger partial charge in [-0.3, -0.25) is 0 Å². The van der Waals surface area contributed by atoms with Crippen LogP contribution in [0.25, 0.3) is 28.0 Å². The fraction of sp³-hybridized carbons (Fsp3) is 0. The van der Waals surface area contributed by atoms with Crippen LogP contribution in [-0.2, 0) is 0 Å². The number of oxime groups is 1. The molecule has 0 fully saturated rings. The summed E-state index contributed by atoms with van der Waals surface area (Å²) in [5.74, 6) is 0. The average Bonchev–Trinajstić information content (AvgIpc) is 3.20. The number of rotatable bonds is 1. The fourth-order valence-corrected chi connectivity index (χ4v) is 3.48. The van der Waals surface area contributed by atoms with Gasteiger partial charge >= 0.3 is 0 Å². The number of nitrogens with zero attached hydrogens (tertiary/aromatic N) is 3. The molecule has 5 rings (SSSR count). The van der Waals surface area contributed by atoms with Gasteiger partial charge in [-0.25, -0.2) is 4.98 Å². The highest BCUT2D eigenvalue weighted by molar-refractivity contribution is 6.26. The van der Waals surface area contributed by atoms with Gasteiger partial charge in [0, 0.05) is 34.6 Å². The minimum absolute atomic E-state index is 0.617. The van der Waals surface area contributed by atoms with E-state index in [0.717, 1.165) is 39.2 Å². The summed E-state index contributed by atoms with van der Waals surface area (Å²) in [5.41, 5.74) is 7.52. The van der Waals surface area contributed by atoms with Crippen LogP contribution in [0, 0.1) is 0 Å². The van der Waals surface area contributed by atoms with Crippen LogP contribution >= 0.6 is 0 Å². The van der Waals surface area contributed by atoms with E-state index < -0.39 is 0 Å². The Kier molecular flexibility index (Phi) is 2.61. The molecule has 0 bridgehead atoms. The molecule has 0 saturated carbocycles. The van der Waals surface area contributed by atoms with Gasteiger partial charge in [0.25, 0.3) is 0 Å². The van der Waals surface area contributed by atoms with E-state index in [-0.39, 0.29) is 0 Å². The largest absolute Gasteiger partial charge is 0.410 e. The zero-order valence-electron chi connectivity index (χ0n) is 12.7. The number of hydrogen-bond acceptors (Lipinski definition) is 3. The quantitative estimate of drug-likeness (QED) is 0.372. The molecule has 2 aromatic carbocycles. The second kappa shape index (κ2) is 4.80. The maximum Gasteiger partial charge on any atom is 0.137 e. The van der Waals surface area contributed by atoms with Crippen molar-refractivity contribution < 1.29 is 5.21 Å². The minimum atomic E-state index is 0.617. The van der Waals surface area contributed by atoms with E-state index in [9.17, 15) is 5.21 Å². The third-order valence-corrected chi connectivity index (χ3v) is 4.51. The zero-order valence-corrected chi connectivity index (χ0v) is 12.7. The van der Waals surface area contributed by atoms with Gasteiger partial charge in [-0.2, -0.15) is 0 Å². The van der Waals surface area contributed by atoms with Crippen molar-refractivity contribution in [2.24, 2.45) is 5.16 Å². The zero-order chi connectivity index (χ0) is 16.1. The van der Waals surface area contributed by atoms with Gasteiger partial charge in [0.05, 0.1) is 5.69 Å². The predicted molar refractivity (Wildman–Crippen MR) is 93.5 cm³/mol. The summed E-state index contributed by atoms with van der Waals surface area (Å²) < 4.78 is 2.01. The van der Waals surface area contributed by atoms with E-state index in [1.807, 2.05) is 65.3 Å². The summed E-state index contributed by atoms with van der Waals surface area (Å²) in [7, 11) is 0. The highest BCUT2D eigenvalue weighted by Crippen LogP contribution is 2.42. The number of fused-ring (bicyclic) bond motifs is 4. The second-order valence-electron chi connectivity index (χ2n) is 5.81. The van der Waals surface area contributed by atoms with Gasteiger partial charge in [-0.05, 0) is 17.7 Å². The van der Waals surface area contributed by atoms with E-state index in [2.05, 4.69) is 17.3 Å². The van der Waals surface area contributed by atoms with Crippen LogP contribution in [0.1, 0.15) is 11.1 Å². The van der Waals surface area contributed by atoms with Gasteiger partial charge in [0.15, 0.2) is 0 Å². The summed E-state index contributed by atoms with van der Waals surface area (Å²) in [6.07, 6.45) is 4.02. The summed E-state index contributed by atoms with van der Waals surface area (Å²) in [5, 5.41) is 13.0. The van der Waals surface area contributed by atoms with Crippen LogP contribution in [0.5, 0.6) is 0 Å². The van der Waals surface area contributed by atoms with Crippen LogP contribution in [-0.4, -0.2) is 20.3 Å². The molecular weight excluding hydrogens is 298 g/mol. The Hall–Kier alpha value is -3.40. The van der Waals surface area contributed by atoms with Crippen molar-refractivity contribution in [2.75, 3.05) is 0 Å². The molecule has 0 aliphatic heterocycles. The topological polar surface area (TPSA) is 49.9 Å². The highest BCUT2D eigenvalue weighted by atomic mass is 16.4. The second-order valence-corrected chi connectivity index (χ2v) is 5.81. The molecule has 1 aliphatic rings. The Bertz CT molecular complexity index is 1090. The van der Waals surface area contributed by atoms with Gasteiger partial charge in [-0.15, -0.1) is 0 Å². The van der Waals surface area contributed by atoms with Crippen LogP contribution in [0.4, 0.5) is 0 Å². The molecule has 0 unspecified atom stereocenters. The number of pyridine rings is 1. The first-order chi connectivity index (χ1) is 11.9. The lowest BCUT2D eigenvalue weighted by molar-refractivity contribution is 0.320.